The lowest BCUT2D eigenvalue weighted by Gasteiger charge is -2.25. The third kappa shape index (κ3) is 3.41. The molecular formula is C19H23N3O2. The van der Waals surface area contributed by atoms with Crippen molar-refractivity contribution in [2.45, 2.75) is 32.5 Å². The van der Waals surface area contributed by atoms with Crippen LogP contribution in [0.25, 0.3) is 6.08 Å². The number of nitrogens with zero attached hydrogens (tertiary/aromatic N) is 2. The molecule has 24 heavy (non-hydrogen) atoms. The first-order chi connectivity index (χ1) is 11.6. The number of fused-ring (bicyclic) bond motifs is 1. The van der Waals surface area contributed by atoms with Crippen molar-refractivity contribution in [3.05, 3.63) is 58.9 Å². The first-order valence-electron chi connectivity index (χ1n) is 8.26. The fourth-order valence-corrected chi connectivity index (χ4v) is 3.03. The number of aromatic nitrogens is 2. The second kappa shape index (κ2) is 7.01. The minimum absolute atomic E-state index is 0.0546. The third-order valence-corrected chi connectivity index (χ3v) is 4.27. The second-order valence-corrected chi connectivity index (χ2v) is 6.26. The topological polar surface area (TPSA) is 58.2 Å². The Kier molecular flexibility index (Phi) is 4.81. The van der Waals surface area contributed by atoms with E-state index < -0.39 is 0 Å². The van der Waals surface area contributed by atoms with E-state index in [-0.39, 0.29) is 18.1 Å². The molecule has 1 aromatic carbocycles. The molecule has 3 rings (SSSR count). The zero-order chi connectivity index (χ0) is 17.1. The Morgan fingerprint density at radius 2 is 2.12 bits per heavy atom. The molecule has 1 aromatic heterocycles. The van der Waals surface area contributed by atoms with Crippen LogP contribution in [-0.2, 0) is 11.2 Å². The maximum Gasteiger partial charge on any atom is 0.274 e. The molecule has 5 heteroatoms. The predicted molar refractivity (Wildman–Crippen MR) is 93.7 cm³/mol. The molecule has 0 spiro atoms. The molecule has 0 unspecified atom stereocenters. The van der Waals surface area contributed by atoms with Gasteiger partial charge in [0.1, 0.15) is 0 Å². The number of hydrogen-bond acceptors (Lipinski definition) is 3. The largest absolute Gasteiger partial charge is 0.369 e. The molecule has 2 aromatic rings. The smallest absolute Gasteiger partial charge is 0.274 e. The molecule has 2 heterocycles. The van der Waals surface area contributed by atoms with Crippen molar-refractivity contribution in [1.29, 1.82) is 0 Å². The zero-order valence-electron chi connectivity index (χ0n) is 14.3. The van der Waals surface area contributed by atoms with Crippen molar-refractivity contribution in [2.24, 2.45) is 0 Å². The van der Waals surface area contributed by atoms with Gasteiger partial charge >= 0.3 is 0 Å². The van der Waals surface area contributed by atoms with Crippen molar-refractivity contribution >= 4 is 12.0 Å². The average Bonchev–Trinajstić information content (AvgIpc) is 2.99. The van der Waals surface area contributed by atoms with Gasteiger partial charge in [-0.25, -0.2) is 0 Å². The standard InChI is InChI=1S/C19H23N3O2/c1-13-12-16-17(14(2)24-13)20-21-18(16)19(23)22(3)11-7-10-15-8-5-4-6-9-15/h4-10,13-14H,11-12H2,1-3H3,(H,20,21)/b10-7+/t13-,14+/m1/s1. The SMILES string of the molecule is C[C@@H]1Cc2c(C(=O)N(C)C/C=C/c3ccccc3)n[nH]c2[C@H](C)O1. The molecule has 1 N–H and O–H groups in total. The van der Waals surface area contributed by atoms with Gasteiger partial charge in [0, 0.05) is 25.6 Å². The first-order valence-corrected chi connectivity index (χ1v) is 8.26. The number of ether oxygens (including phenoxy) is 1. The highest BCUT2D eigenvalue weighted by molar-refractivity contribution is 5.94. The number of nitrogens with one attached hydrogen (secondary N) is 1. The van der Waals surface area contributed by atoms with Crippen molar-refractivity contribution in [1.82, 2.24) is 15.1 Å². The lowest BCUT2D eigenvalue weighted by Crippen LogP contribution is -2.29. The summed E-state index contributed by atoms with van der Waals surface area (Å²) in [7, 11) is 1.80. The Hall–Kier alpha value is -2.40. The fraction of sp³-hybridized carbons (Fsp3) is 0.368. The molecule has 2 atom stereocenters. The van der Waals surface area contributed by atoms with Gasteiger partial charge in [0.15, 0.2) is 5.69 Å². The molecule has 1 aliphatic heterocycles. The number of likely N-dealkylation sites (N-methyl/N-ethyl adjacent to an activating group) is 1. The van der Waals surface area contributed by atoms with Gasteiger partial charge < -0.3 is 9.64 Å². The summed E-state index contributed by atoms with van der Waals surface area (Å²) >= 11 is 0. The lowest BCUT2D eigenvalue weighted by molar-refractivity contribution is -0.00700. The number of carbonyl (C=O) groups excluding carboxylic acids is 1. The normalized spacial score (nSPS) is 20.1. The van der Waals surface area contributed by atoms with E-state index in [4.69, 9.17) is 4.74 Å². The number of carbonyl (C=O) groups is 1. The minimum atomic E-state index is -0.0634. The van der Waals surface area contributed by atoms with Crippen LogP contribution in [0.4, 0.5) is 0 Å². The second-order valence-electron chi connectivity index (χ2n) is 6.26. The molecule has 5 nitrogen and oxygen atoms in total. The van der Waals surface area contributed by atoms with Gasteiger partial charge in [-0.15, -0.1) is 0 Å². The predicted octanol–water partition coefficient (Wildman–Crippen LogP) is 3.22. The van der Waals surface area contributed by atoms with Crippen molar-refractivity contribution in [3.63, 3.8) is 0 Å². The molecule has 0 aliphatic carbocycles. The summed E-state index contributed by atoms with van der Waals surface area (Å²) < 4.78 is 5.77. The van der Waals surface area contributed by atoms with Crippen LogP contribution >= 0.6 is 0 Å². The van der Waals surface area contributed by atoms with Gasteiger partial charge in [0.05, 0.1) is 17.9 Å². The van der Waals surface area contributed by atoms with E-state index >= 15 is 0 Å². The molecule has 126 valence electrons. The van der Waals surface area contributed by atoms with Crippen LogP contribution in [0.2, 0.25) is 0 Å². The van der Waals surface area contributed by atoms with Crippen LogP contribution in [0.3, 0.4) is 0 Å². The van der Waals surface area contributed by atoms with Crippen LogP contribution in [0.1, 0.15) is 47.3 Å². The Balaban J connectivity index is 1.69. The van der Waals surface area contributed by atoms with Gasteiger partial charge in [0.2, 0.25) is 0 Å². The summed E-state index contributed by atoms with van der Waals surface area (Å²) in [5, 5.41) is 7.22. The Morgan fingerprint density at radius 3 is 2.88 bits per heavy atom. The summed E-state index contributed by atoms with van der Waals surface area (Å²) in [4.78, 5) is 14.4. The first kappa shape index (κ1) is 16.5. The molecule has 0 radical (unpaired) electrons. The monoisotopic (exact) mass is 325 g/mol. The maximum atomic E-state index is 12.7. The van der Waals surface area contributed by atoms with Gasteiger partial charge in [-0.05, 0) is 19.4 Å². The summed E-state index contributed by atoms with van der Waals surface area (Å²) in [6.07, 6.45) is 4.76. The van der Waals surface area contributed by atoms with E-state index in [0.29, 0.717) is 18.7 Å². The summed E-state index contributed by atoms with van der Waals surface area (Å²) in [5.74, 6) is -0.0634. The number of rotatable bonds is 4. The van der Waals surface area contributed by atoms with Crippen LogP contribution in [-0.4, -0.2) is 40.7 Å². The summed E-state index contributed by atoms with van der Waals surface area (Å²) in [6.45, 7) is 4.54. The maximum absolute atomic E-state index is 12.7. The van der Waals surface area contributed by atoms with Gasteiger partial charge in [0.25, 0.3) is 5.91 Å². The Morgan fingerprint density at radius 1 is 1.38 bits per heavy atom. The molecule has 1 amide bonds. The molecule has 0 bridgehead atoms. The number of hydrogen-bond donors (Lipinski definition) is 1. The van der Waals surface area contributed by atoms with Crippen molar-refractivity contribution in [3.8, 4) is 0 Å². The quantitative estimate of drug-likeness (QED) is 0.939. The van der Waals surface area contributed by atoms with Crippen LogP contribution in [0, 0.1) is 0 Å². The van der Waals surface area contributed by atoms with E-state index in [0.717, 1.165) is 16.8 Å². The van der Waals surface area contributed by atoms with Crippen LogP contribution in [0.5, 0.6) is 0 Å². The average molecular weight is 325 g/mol. The highest BCUT2D eigenvalue weighted by atomic mass is 16.5. The fourth-order valence-electron chi connectivity index (χ4n) is 3.03. The number of amides is 1. The van der Waals surface area contributed by atoms with E-state index in [1.807, 2.05) is 56.3 Å². The molecule has 0 saturated heterocycles. The van der Waals surface area contributed by atoms with Crippen molar-refractivity contribution in [2.75, 3.05) is 13.6 Å². The van der Waals surface area contributed by atoms with Gasteiger partial charge in [-0.3, -0.25) is 9.89 Å². The van der Waals surface area contributed by atoms with Crippen molar-refractivity contribution < 1.29 is 9.53 Å². The Bertz CT molecular complexity index is 736. The number of benzene rings is 1. The lowest BCUT2D eigenvalue weighted by atomic mass is 9.99. The highest BCUT2D eigenvalue weighted by Gasteiger charge is 2.30. The zero-order valence-corrected chi connectivity index (χ0v) is 14.3. The highest BCUT2D eigenvalue weighted by Crippen LogP contribution is 2.30. The van der Waals surface area contributed by atoms with E-state index in [9.17, 15) is 4.79 Å². The van der Waals surface area contributed by atoms with Gasteiger partial charge in [-0.1, -0.05) is 42.5 Å². The molecule has 1 aliphatic rings. The molecular weight excluding hydrogens is 302 g/mol. The van der Waals surface area contributed by atoms with E-state index in [2.05, 4.69) is 10.2 Å². The minimum Gasteiger partial charge on any atom is -0.369 e. The van der Waals surface area contributed by atoms with E-state index in [1.54, 1.807) is 11.9 Å². The number of aromatic amines is 1. The summed E-state index contributed by atoms with van der Waals surface area (Å²) in [5.41, 5.74) is 3.55. The molecule has 0 saturated carbocycles. The van der Waals surface area contributed by atoms with Crippen LogP contribution < -0.4 is 0 Å². The Labute approximate surface area is 142 Å². The van der Waals surface area contributed by atoms with Gasteiger partial charge in [-0.2, -0.15) is 5.10 Å². The molecule has 0 fully saturated rings. The van der Waals surface area contributed by atoms with Crippen LogP contribution in [0.15, 0.2) is 36.4 Å². The third-order valence-electron chi connectivity index (χ3n) is 4.27. The van der Waals surface area contributed by atoms with E-state index in [1.165, 1.54) is 0 Å². The summed E-state index contributed by atoms with van der Waals surface area (Å²) in [6, 6.07) is 10.0. The number of H-pyrrole nitrogens is 1.